The highest BCUT2D eigenvalue weighted by Gasteiger charge is 2.60. The Hall–Kier alpha value is -1.43. The van der Waals surface area contributed by atoms with Crippen LogP contribution in [0.25, 0.3) is 0 Å². The van der Waals surface area contributed by atoms with Crippen LogP contribution in [0.1, 0.15) is 53.9 Å². The van der Waals surface area contributed by atoms with Gasteiger partial charge in [0.05, 0.1) is 11.5 Å². The quantitative estimate of drug-likeness (QED) is 0.706. The van der Waals surface area contributed by atoms with Crippen molar-refractivity contribution in [2.75, 3.05) is 6.61 Å². The lowest BCUT2D eigenvalue weighted by Gasteiger charge is -2.39. The van der Waals surface area contributed by atoms with E-state index in [2.05, 4.69) is 0 Å². The molecule has 1 heterocycles. The first-order chi connectivity index (χ1) is 11.6. The molecule has 5 unspecified atom stereocenters. The van der Waals surface area contributed by atoms with E-state index in [4.69, 9.17) is 14.2 Å². The van der Waals surface area contributed by atoms with Crippen molar-refractivity contribution in [1.29, 1.82) is 0 Å². The Morgan fingerprint density at radius 1 is 1.16 bits per heavy atom. The number of carbonyl (C=O) groups excluding carboxylic acids is 3. The topological polar surface area (TPSA) is 78.9 Å². The van der Waals surface area contributed by atoms with Crippen LogP contribution in [0.5, 0.6) is 0 Å². The van der Waals surface area contributed by atoms with Gasteiger partial charge >= 0.3 is 11.9 Å². The number of hydrogen-bond donors (Lipinski definition) is 0. The maximum Gasteiger partial charge on any atom is 0.350 e. The lowest BCUT2D eigenvalue weighted by atomic mass is 9.80. The first kappa shape index (κ1) is 18.4. The number of ketones is 1. The third kappa shape index (κ3) is 3.09. The Bertz CT molecular complexity index is 593. The highest BCUT2D eigenvalue weighted by Crippen LogP contribution is 2.53. The van der Waals surface area contributed by atoms with E-state index >= 15 is 0 Å². The minimum absolute atomic E-state index is 0.0647. The van der Waals surface area contributed by atoms with Crippen molar-refractivity contribution in [3.8, 4) is 0 Å². The molecule has 3 aliphatic rings. The molecule has 0 radical (unpaired) electrons. The average Bonchev–Trinajstić information content (AvgIpc) is 3.11. The molecule has 25 heavy (non-hydrogen) atoms. The largest absolute Gasteiger partial charge is 0.456 e. The third-order valence-corrected chi connectivity index (χ3v) is 6.21. The monoisotopic (exact) mass is 352 g/mol. The highest BCUT2D eigenvalue weighted by atomic mass is 16.6. The van der Waals surface area contributed by atoms with Crippen molar-refractivity contribution in [3.63, 3.8) is 0 Å². The summed E-state index contributed by atoms with van der Waals surface area (Å²) in [4.78, 5) is 36.8. The number of rotatable bonds is 5. The van der Waals surface area contributed by atoms with E-state index < -0.39 is 23.0 Å². The first-order valence-corrected chi connectivity index (χ1v) is 9.15. The average molecular weight is 352 g/mol. The van der Waals surface area contributed by atoms with Crippen LogP contribution >= 0.6 is 0 Å². The van der Waals surface area contributed by atoms with E-state index in [-0.39, 0.29) is 42.4 Å². The molecule has 3 rings (SSSR count). The van der Waals surface area contributed by atoms with Crippen LogP contribution in [0.2, 0.25) is 0 Å². The molecule has 2 bridgehead atoms. The van der Waals surface area contributed by atoms with Crippen LogP contribution in [0, 0.1) is 23.2 Å². The van der Waals surface area contributed by atoms with Crippen molar-refractivity contribution in [2.45, 2.75) is 71.7 Å². The number of esters is 2. The molecule has 1 saturated heterocycles. The van der Waals surface area contributed by atoms with Gasteiger partial charge in [0.1, 0.15) is 12.7 Å². The fourth-order valence-electron chi connectivity index (χ4n) is 4.11. The third-order valence-electron chi connectivity index (χ3n) is 6.21. The van der Waals surface area contributed by atoms with Gasteiger partial charge in [-0.3, -0.25) is 9.59 Å². The normalized spacial score (nSPS) is 34.1. The summed E-state index contributed by atoms with van der Waals surface area (Å²) >= 11 is 0. The summed E-state index contributed by atoms with van der Waals surface area (Å²) in [5.41, 5.74) is -2.00. The number of Topliss-reactive ketones (excluding diaryl/α,β-unsaturated/α-hetero) is 1. The molecule has 6 heteroatoms. The lowest BCUT2D eigenvalue weighted by Crippen LogP contribution is -2.51. The van der Waals surface area contributed by atoms with Gasteiger partial charge in [0.2, 0.25) is 5.60 Å². The van der Waals surface area contributed by atoms with Crippen LogP contribution in [-0.2, 0) is 28.6 Å². The fraction of sp³-hybridized carbons (Fsp3) is 0.842. The van der Waals surface area contributed by atoms with E-state index in [1.54, 1.807) is 27.7 Å². The molecule has 2 aliphatic carbocycles. The summed E-state index contributed by atoms with van der Waals surface area (Å²) in [6, 6.07) is 0. The second kappa shape index (κ2) is 6.08. The van der Waals surface area contributed by atoms with Gasteiger partial charge in [-0.15, -0.1) is 0 Å². The Kier molecular flexibility index (Phi) is 4.46. The summed E-state index contributed by atoms with van der Waals surface area (Å²) in [5, 5.41) is 0. The van der Waals surface area contributed by atoms with Gasteiger partial charge in [-0.25, -0.2) is 4.79 Å². The molecule has 140 valence electrons. The molecule has 0 aromatic heterocycles. The summed E-state index contributed by atoms with van der Waals surface area (Å²) in [5.74, 6) is -0.410. The molecule has 2 saturated carbocycles. The first-order valence-electron chi connectivity index (χ1n) is 9.15. The maximum atomic E-state index is 12.7. The van der Waals surface area contributed by atoms with E-state index in [9.17, 15) is 14.4 Å². The van der Waals surface area contributed by atoms with Gasteiger partial charge in [0.25, 0.3) is 0 Å². The standard InChI is InChI=1S/C19H28O6/c1-6-18(2,3)16(21)25-19(4,5)17(22)24-14-10-7-11-12(8-10)15(14)23-9-13(11)20/h10-12,14-15H,6-9H2,1-5H3. The fourth-order valence-corrected chi connectivity index (χ4v) is 4.11. The Morgan fingerprint density at radius 3 is 2.48 bits per heavy atom. The molecular formula is C19H28O6. The smallest absolute Gasteiger partial charge is 0.350 e. The predicted molar refractivity (Wildman–Crippen MR) is 88.6 cm³/mol. The predicted octanol–water partition coefficient (Wildman–Crippen LogP) is 2.28. The van der Waals surface area contributed by atoms with Gasteiger partial charge in [-0.2, -0.15) is 0 Å². The van der Waals surface area contributed by atoms with E-state index in [1.807, 2.05) is 6.92 Å². The highest BCUT2D eigenvalue weighted by molar-refractivity contribution is 5.85. The number of carbonyl (C=O) groups is 3. The molecule has 6 nitrogen and oxygen atoms in total. The van der Waals surface area contributed by atoms with Crippen molar-refractivity contribution < 1.29 is 28.6 Å². The summed E-state index contributed by atoms with van der Waals surface area (Å²) in [7, 11) is 0. The number of hydrogen-bond acceptors (Lipinski definition) is 6. The summed E-state index contributed by atoms with van der Waals surface area (Å²) in [6.07, 6.45) is 1.70. The van der Waals surface area contributed by atoms with Crippen molar-refractivity contribution in [1.82, 2.24) is 0 Å². The molecule has 0 amide bonds. The summed E-state index contributed by atoms with van der Waals surface area (Å²) < 4.78 is 16.8. The molecule has 0 N–H and O–H groups in total. The van der Waals surface area contributed by atoms with E-state index in [1.165, 1.54) is 0 Å². The Balaban J connectivity index is 1.64. The zero-order valence-corrected chi connectivity index (χ0v) is 15.7. The van der Waals surface area contributed by atoms with Crippen molar-refractivity contribution in [3.05, 3.63) is 0 Å². The minimum atomic E-state index is -1.35. The van der Waals surface area contributed by atoms with Crippen LogP contribution in [0.3, 0.4) is 0 Å². The van der Waals surface area contributed by atoms with E-state index in [0.717, 1.165) is 12.8 Å². The van der Waals surface area contributed by atoms with Crippen LogP contribution in [0.15, 0.2) is 0 Å². The van der Waals surface area contributed by atoms with Crippen molar-refractivity contribution in [2.24, 2.45) is 23.2 Å². The second-order valence-corrected chi connectivity index (χ2v) is 8.75. The van der Waals surface area contributed by atoms with Crippen LogP contribution < -0.4 is 0 Å². The lowest BCUT2D eigenvalue weighted by molar-refractivity contribution is -0.198. The van der Waals surface area contributed by atoms with E-state index in [0.29, 0.717) is 6.42 Å². The van der Waals surface area contributed by atoms with Gasteiger partial charge in [0, 0.05) is 5.92 Å². The second-order valence-electron chi connectivity index (χ2n) is 8.75. The molecule has 0 aromatic rings. The molecule has 0 aromatic carbocycles. The summed E-state index contributed by atoms with van der Waals surface area (Å²) in [6.45, 7) is 8.70. The minimum Gasteiger partial charge on any atom is -0.456 e. The van der Waals surface area contributed by atoms with Gasteiger partial charge < -0.3 is 14.2 Å². The van der Waals surface area contributed by atoms with Gasteiger partial charge in [-0.05, 0) is 58.8 Å². The molecule has 5 atom stereocenters. The maximum absolute atomic E-state index is 12.7. The van der Waals surface area contributed by atoms with Gasteiger partial charge in [0.15, 0.2) is 5.78 Å². The number of fused-ring (bicyclic) bond motifs is 1. The molecule has 3 fully saturated rings. The van der Waals surface area contributed by atoms with Crippen LogP contribution in [0.4, 0.5) is 0 Å². The zero-order valence-electron chi connectivity index (χ0n) is 15.7. The Morgan fingerprint density at radius 2 is 1.84 bits per heavy atom. The number of ether oxygens (including phenoxy) is 3. The zero-order chi connectivity index (χ0) is 18.6. The Labute approximate surface area is 148 Å². The van der Waals surface area contributed by atoms with Crippen LogP contribution in [-0.4, -0.2) is 42.1 Å². The molecule has 0 spiro atoms. The van der Waals surface area contributed by atoms with Gasteiger partial charge in [-0.1, -0.05) is 6.92 Å². The van der Waals surface area contributed by atoms with Crippen molar-refractivity contribution >= 4 is 17.7 Å². The molecule has 1 aliphatic heterocycles. The SMILES string of the molecule is CCC(C)(C)C(=O)OC(C)(C)C(=O)OC1C2CC3C(=O)COC1C3C2. The molecular weight excluding hydrogens is 324 g/mol.